The minimum atomic E-state index is -0.111. The molecule has 12 aromatic carbocycles. The summed E-state index contributed by atoms with van der Waals surface area (Å²) in [5.74, 6) is 0. The second kappa shape index (κ2) is 20.2. The van der Waals surface area contributed by atoms with E-state index >= 15 is 0 Å². The number of rotatable bonds is 12. The lowest BCUT2D eigenvalue weighted by Gasteiger charge is -2.28. The third-order valence-corrected chi connectivity index (χ3v) is 15.5. The van der Waals surface area contributed by atoms with Crippen LogP contribution in [0.1, 0.15) is 25.0 Å². The second-order valence-electron chi connectivity index (χ2n) is 20.5. The van der Waals surface area contributed by atoms with Crippen molar-refractivity contribution in [2.75, 3.05) is 9.80 Å². The molecule has 0 aliphatic heterocycles. The summed E-state index contributed by atoms with van der Waals surface area (Å²) < 4.78 is 0. The molecule has 0 aromatic heterocycles. The monoisotopic (exact) mass is 984 g/mol. The van der Waals surface area contributed by atoms with Gasteiger partial charge in [0.1, 0.15) is 0 Å². The zero-order valence-electron chi connectivity index (χ0n) is 43.3. The molecule has 0 amide bonds. The molecule has 2 heteroatoms. The number of benzene rings is 12. The molecule has 12 aromatic rings. The molecule has 0 atom stereocenters. The van der Waals surface area contributed by atoms with Gasteiger partial charge in [-0.15, -0.1) is 0 Å². The van der Waals surface area contributed by atoms with Gasteiger partial charge >= 0.3 is 0 Å². The molecule has 0 fully saturated rings. The molecule has 0 radical (unpaired) electrons. The normalized spacial score (nSPS) is 12.1. The van der Waals surface area contributed by atoms with E-state index in [-0.39, 0.29) is 5.41 Å². The van der Waals surface area contributed by atoms with E-state index in [1.165, 1.54) is 77.9 Å². The first kappa shape index (κ1) is 47.0. The first-order valence-electron chi connectivity index (χ1n) is 26.7. The molecular formula is C75H56N2. The first-order valence-corrected chi connectivity index (χ1v) is 26.7. The van der Waals surface area contributed by atoms with Crippen LogP contribution < -0.4 is 9.80 Å². The van der Waals surface area contributed by atoms with Crippen molar-refractivity contribution in [2.45, 2.75) is 19.3 Å². The van der Waals surface area contributed by atoms with Crippen molar-refractivity contribution < 1.29 is 0 Å². The summed E-state index contributed by atoms with van der Waals surface area (Å²) in [6, 6.07) is 110. The van der Waals surface area contributed by atoms with Crippen LogP contribution in [-0.2, 0) is 5.41 Å². The van der Waals surface area contributed by atoms with Gasteiger partial charge in [-0.05, 0) is 174 Å². The van der Waals surface area contributed by atoms with Gasteiger partial charge in [-0.1, -0.05) is 232 Å². The highest BCUT2D eigenvalue weighted by Crippen LogP contribution is 2.51. The summed E-state index contributed by atoms with van der Waals surface area (Å²) in [4.78, 5) is 4.73. The molecule has 0 N–H and O–H groups in total. The number of fused-ring (bicyclic) bond motifs is 3. The average molecular weight is 985 g/mol. The lowest BCUT2D eigenvalue weighted by Crippen LogP contribution is -2.16. The highest BCUT2D eigenvalue weighted by Gasteiger charge is 2.36. The van der Waals surface area contributed by atoms with Crippen LogP contribution in [0.4, 0.5) is 34.1 Å². The van der Waals surface area contributed by atoms with Crippen molar-refractivity contribution >= 4 is 34.1 Å². The Morgan fingerprint density at radius 3 is 0.896 bits per heavy atom. The molecule has 77 heavy (non-hydrogen) atoms. The lowest BCUT2D eigenvalue weighted by atomic mass is 9.82. The fourth-order valence-corrected chi connectivity index (χ4v) is 11.5. The van der Waals surface area contributed by atoms with Gasteiger partial charge in [0.25, 0.3) is 0 Å². The van der Waals surface area contributed by atoms with Crippen molar-refractivity contribution in [3.8, 4) is 77.9 Å². The van der Waals surface area contributed by atoms with Crippen LogP contribution in [0.2, 0.25) is 0 Å². The Balaban J connectivity index is 0.873. The first-order chi connectivity index (χ1) is 37.9. The van der Waals surface area contributed by atoms with E-state index in [1.54, 1.807) is 0 Å². The van der Waals surface area contributed by atoms with Gasteiger partial charge in [-0.2, -0.15) is 0 Å². The quantitative estimate of drug-likeness (QED) is 0.120. The van der Waals surface area contributed by atoms with Crippen LogP contribution in [0.15, 0.2) is 303 Å². The van der Waals surface area contributed by atoms with Crippen LogP contribution in [0.5, 0.6) is 0 Å². The fourth-order valence-electron chi connectivity index (χ4n) is 11.5. The predicted octanol–water partition coefficient (Wildman–Crippen LogP) is 20.9. The van der Waals surface area contributed by atoms with E-state index in [1.807, 2.05) is 0 Å². The molecule has 366 valence electrons. The minimum Gasteiger partial charge on any atom is -0.311 e. The van der Waals surface area contributed by atoms with Crippen LogP contribution >= 0.6 is 0 Å². The maximum atomic E-state index is 2.41. The zero-order valence-corrected chi connectivity index (χ0v) is 43.3. The molecule has 1 aliphatic carbocycles. The molecule has 13 rings (SSSR count). The summed E-state index contributed by atoms with van der Waals surface area (Å²) >= 11 is 0. The molecule has 0 saturated heterocycles. The number of hydrogen-bond acceptors (Lipinski definition) is 2. The SMILES string of the molecule is CC1(C)c2ccccc2-c2ccc(N(c3ccccc3)c3ccc(-c4cc(-c5ccccc5)c(-c5ccc(N(c6ccccc6)c6ccc(-c7ccc(-c8ccccc8)cc7)cc6)cc5)cc4-c4ccccc4)cc3)cc21. The maximum Gasteiger partial charge on any atom is 0.0465 e. The number of nitrogens with zero attached hydrogens (tertiary/aromatic N) is 2. The van der Waals surface area contributed by atoms with Crippen LogP contribution in [-0.4, -0.2) is 0 Å². The summed E-state index contributed by atoms with van der Waals surface area (Å²) in [6.07, 6.45) is 0. The van der Waals surface area contributed by atoms with Gasteiger partial charge in [0.05, 0.1) is 0 Å². The van der Waals surface area contributed by atoms with Gasteiger partial charge < -0.3 is 9.80 Å². The van der Waals surface area contributed by atoms with Gasteiger partial charge in [-0.3, -0.25) is 0 Å². The molecule has 0 saturated carbocycles. The van der Waals surface area contributed by atoms with E-state index in [2.05, 4.69) is 327 Å². The molecule has 0 bridgehead atoms. The number of anilines is 6. The third-order valence-electron chi connectivity index (χ3n) is 15.5. The second-order valence-corrected chi connectivity index (χ2v) is 20.5. The zero-order chi connectivity index (χ0) is 51.7. The highest BCUT2D eigenvalue weighted by molar-refractivity contribution is 5.96. The van der Waals surface area contributed by atoms with Crippen molar-refractivity contribution in [1.29, 1.82) is 0 Å². The van der Waals surface area contributed by atoms with E-state index in [4.69, 9.17) is 0 Å². The van der Waals surface area contributed by atoms with Crippen LogP contribution in [0.3, 0.4) is 0 Å². The van der Waals surface area contributed by atoms with Crippen LogP contribution in [0.25, 0.3) is 77.9 Å². The van der Waals surface area contributed by atoms with Crippen molar-refractivity contribution in [3.63, 3.8) is 0 Å². The van der Waals surface area contributed by atoms with E-state index in [0.717, 1.165) is 45.3 Å². The van der Waals surface area contributed by atoms with E-state index in [9.17, 15) is 0 Å². The lowest BCUT2D eigenvalue weighted by molar-refractivity contribution is 0.660. The molecular weight excluding hydrogens is 929 g/mol. The summed E-state index contributed by atoms with van der Waals surface area (Å²) in [5.41, 5.74) is 26.0. The maximum absolute atomic E-state index is 2.41. The van der Waals surface area contributed by atoms with Crippen molar-refractivity contribution in [3.05, 3.63) is 314 Å². The molecule has 2 nitrogen and oxygen atoms in total. The molecule has 0 heterocycles. The Hall–Kier alpha value is -9.76. The smallest absolute Gasteiger partial charge is 0.0465 e. The van der Waals surface area contributed by atoms with Gasteiger partial charge in [0, 0.05) is 39.5 Å². The van der Waals surface area contributed by atoms with Crippen molar-refractivity contribution in [2.24, 2.45) is 0 Å². The predicted molar refractivity (Wildman–Crippen MR) is 326 cm³/mol. The van der Waals surface area contributed by atoms with Crippen molar-refractivity contribution in [1.82, 2.24) is 0 Å². The van der Waals surface area contributed by atoms with E-state index < -0.39 is 0 Å². The Bertz CT molecular complexity index is 3980. The van der Waals surface area contributed by atoms with Gasteiger partial charge in [-0.25, -0.2) is 0 Å². The minimum absolute atomic E-state index is 0.111. The van der Waals surface area contributed by atoms with E-state index in [0.29, 0.717) is 0 Å². The molecule has 1 aliphatic rings. The topological polar surface area (TPSA) is 6.48 Å². The Kier molecular flexibility index (Phi) is 12.3. The Morgan fingerprint density at radius 2 is 0.468 bits per heavy atom. The summed E-state index contributed by atoms with van der Waals surface area (Å²) in [6.45, 7) is 4.70. The summed E-state index contributed by atoms with van der Waals surface area (Å²) in [5, 5.41) is 0. The number of para-hydroxylation sites is 2. The Morgan fingerprint density at radius 1 is 0.195 bits per heavy atom. The third kappa shape index (κ3) is 9.00. The fraction of sp³-hybridized carbons (Fsp3) is 0.0400. The number of hydrogen-bond donors (Lipinski definition) is 0. The standard InChI is InChI=1S/C75H56N2/c1-75(2)73-31-19-18-30-67(73)68-49-48-66(50-74(68)75)77(62-28-16-7-17-29-62)65-46-40-60(41-47-65)72-52-69(57-22-10-4-11-23-57)71(51-70(72)58-24-12-5-13-25-58)59-38-44-64(45-39-59)76(61-26-14-6-15-27-61)63-42-36-56(37-43-63)55-34-32-54(33-35-55)53-20-8-3-9-21-53/h3-52H,1-2H3. The average Bonchev–Trinajstić information content (AvgIpc) is 3.89. The Labute approximate surface area is 453 Å². The molecule has 0 unspecified atom stereocenters. The van der Waals surface area contributed by atoms with Gasteiger partial charge in [0.2, 0.25) is 0 Å². The summed E-state index contributed by atoms with van der Waals surface area (Å²) in [7, 11) is 0. The molecule has 0 spiro atoms. The highest BCUT2D eigenvalue weighted by atomic mass is 15.1. The largest absolute Gasteiger partial charge is 0.311 e. The van der Waals surface area contributed by atoms with Crippen LogP contribution in [0, 0.1) is 0 Å². The van der Waals surface area contributed by atoms with Gasteiger partial charge in [0.15, 0.2) is 0 Å².